The summed E-state index contributed by atoms with van der Waals surface area (Å²) in [5.41, 5.74) is 1.30. The number of anilines is 1. The molecule has 1 saturated heterocycles. The molecule has 110 valence electrons. The first-order valence-electron chi connectivity index (χ1n) is 8.01. The summed E-state index contributed by atoms with van der Waals surface area (Å²) in [6, 6.07) is 10.3. The van der Waals surface area contributed by atoms with E-state index in [1.54, 1.807) is 0 Å². The maximum atomic E-state index is 3.83. The Morgan fingerprint density at radius 1 is 1.15 bits per heavy atom. The summed E-state index contributed by atoms with van der Waals surface area (Å²) < 4.78 is 0. The Bertz CT molecular complexity index is 429. The van der Waals surface area contributed by atoms with Crippen molar-refractivity contribution in [1.29, 1.82) is 0 Å². The van der Waals surface area contributed by atoms with Crippen molar-refractivity contribution in [2.45, 2.75) is 55.5 Å². The van der Waals surface area contributed by atoms with Crippen LogP contribution in [0.2, 0.25) is 0 Å². The van der Waals surface area contributed by atoms with Gasteiger partial charge < -0.3 is 10.6 Å². The predicted octanol–water partition coefficient (Wildman–Crippen LogP) is 4.13. The van der Waals surface area contributed by atoms with Crippen LogP contribution in [0.25, 0.3) is 0 Å². The van der Waals surface area contributed by atoms with Gasteiger partial charge in [0.15, 0.2) is 0 Å². The van der Waals surface area contributed by atoms with Gasteiger partial charge in [-0.1, -0.05) is 18.9 Å². The highest BCUT2D eigenvalue weighted by atomic mass is 32.2. The zero-order valence-electron chi connectivity index (χ0n) is 12.4. The van der Waals surface area contributed by atoms with Crippen molar-refractivity contribution in [1.82, 2.24) is 5.32 Å². The Hall–Kier alpha value is -0.670. The summed E-state index contributed by atoms with van der Waals surface area (Å²) in [5.74, 6) is 0.809. The van der Waals surface area contributed by atoms with Crippen LogP contribution in [0.4, 0.5) is 5.69 Å². The minimum atomic E-state index is 0.649. The fourth-order valence-electron chi connectivity index (χ4n) is 3.82. The van der Waals surface area contributed by atoms with Gasteiger partial charge in [0.1, 0.15) is 0 Å². The maximum Gasteiger partial charge on any atom is 0.0353 e. The molecule has 20 heavy (non-hydrogen) atoms. The van der Waals surface area contributed by atoms with Crippen molar-refractivity contribution in [3.8, 4) is 0 Å². The second-order valence-corrected chi connectivity index (χ2v) is 7.01. The molecule has 3 heteroatoms. The quantitative estimate of drug-likeness (QED) is 0.815. The van der Waals surface area contributed by atoms with Gasteiger partial charge in [-0.3, -0.25) is 0 Å². The molecular weight excluding hydrogens is 264 g/mol. The lowest BCUT2D eigenvalue weighted by molar-refractivity contribution is 0.263. The molecule has 1 aliphatic heterocycles. The van der Waals surface area contributed by atoms with Crippen molar-refractivity contribution in [2.24, 2.45) is 5.92 Å². The van der Waals surface area contributed by atoms with Crippen molar-refractivity contribution < 1.29 is 0 Å². The highest BCUT2D eigenvalue weighted by molar-refractivity contribution is 7.98. The summed E-state index contributed by atoms with van der Waals surface area (Å²) >= 11 is 1.82. The van der Waals surface area contributed by atoms with E-state index in [4.69, 9.17) is 0 Å². The van der Waals surface area contributed by atoms with Crippen molar-refractivity contribution in [3.05, 3.63) is 24.3 Å². The van der Waals surface area contributed by atoms with Gasteiger partial charge in [0.25, 0.3) is 0 Å². The molecule has 1 aromatic rings. The molecule has 2 N–H and O–H groups in total. The lowest BCUT2D eigenvalue weighted by Crippen LogP contribution is -2.43. The Kier molecular flexibility index (Phi) is 4.90. The van der Waals surface area contributed by atoms with E-state index in [2.05, 4.69) is 41.2 Å². The van der Waals surface area contributed by atoms with E-state index in [-0.39, 0.29) is 0 Å². The van der Waals surface area contributed by atoms with E-state index in [1.165, 1.54) is 55.7 Å². The summed E-state index contributed by atoms with van der Waals surface area (Å²) in [7, 11) is 0. The van der Waals surface area contributed by atoms with Crippen LogP contribution >= 0.6 is 11.8 Å². The van der Waals surface area contributed by atoms with Crippen LogP contribution < -0.4 is 10.6 Å². The number of hydrogen-bond donors (Lipinski definition) is 2. The number of nitrogens with one attached hydrogen (secondary N) is 2. The fourth-order valence-corrected chi connectivity index (χ4v) is 4.28. The first-order valence-corrected chi connectivity index (χ1v) is 9.23. The molecular formula is C17H26N2S. The Morgan fingerprint density at radius 2 is 2.05 bits per heavy atom. The number of hydrogen-bond acceptors (Lipinski definition) is 3. The second-order valence-electron chi connectivity index (χ2n) is 6.13. The molecule has 2 nitrogen and oxygen atoms in total. The van der Waals surface area contributed by atoms with E-state index in [9.17, 15) is 0 Å². The largest absolute Gasteiger partial charge is 0.382 e. The van der Waals surface area contributed by atoms with E-state index in [1.807, 2.05) is 11.8 Å². The van der Waals surface area contributed by atoms with E-state index in [0.29, 0.717) is 6.04 Å². The van der Waals surface area contributed by atoms with Gasteiger partial charge in [-0.05, 0) is 62.6 Å². The molecule has 0 amide bonds. The molecule has 3 unspecified atom stereocenters. The molecule has 1 saturated carbocycles. The lowest BCUT2D eigenvalue weighted by atomic mass is 9.79. The standard InChI is InChI=1S/C17H26N2S/c1-20-14-7-4-6-13(12-14)19-17-9-3-2-8-15(17)16-10-5-11-18-16/h4,6-7,12,15-19H,2-3,5,8-11H2,1H3. The molecule has 0 aromatic heterocycles. The molecule has 1 aromatic carbocycles. The molecule has 0 radical (unpaired) electrons. The average molecular weight is 290 g/mol. The third kappa shape index (κ3) is 3.32. The molecule has 1 heterocycles. The summed E-state index contributed by atoms with van der Waals surface area (Å²) in [6.07, 6.45) is 10.4. The lowest BCUT2D eigenvalue weighted by Gasteiger charge is -2.37. The van der Waals surface area contributed by atoms with Crippen LogP contribution in [0.1, 0.15) is 38.5 Å². The Labute approximate surface area is 127 Å². The first-order chi connectivity index (χ1) is 9.86. The summed E-state index contributed by atoms with van der Waals surface area (Å²) in [6.45, 7) is 1.22. The van der Waals surface area contributed by atoms with Gasteiger partial charge >= 0.3 is 0 Å². The predicted molar refractivity (Wildman–Crippen MR) is 88.6 cm³/mol. The van der Waals surface area contributed by atoms with Crippen LogP contribution in [-0.2, 0) is 0 Å². The van der Waals surface area contributed by atoms with Crippen molar-refractivity contribution in [3.63, 3.8) is 0 Å². The van der Waals surface area contributed by atoms with Crippen molar-refractivity contribution >= 4 is 17.4 Å². The Morgan fingerprint density at radius 3 is 2.85 bits per heavy atom. The Balaban J connectivity index is 1.69. The zero-order chi connectivity index (χ0) is 13.8. The molecule has 0 spiro atoms. The van der Waals surface area contributed by atoms with Crippen LogP contribution in [-0.4, -0.2) is 24.9 Å². The smallest absolute Gasteiger partial charge is 0.0353 e. The molecule has 0 bridgehead atoms. The zero-order valence-corrected chi connectivity index (χ0v) is 13.2. The van der Waals surface area contributed by atoms with Crippen LogP contribution in [0.3, 0.4) is 0 Å². The molecule has 2 aliphatic rings. The topological polar surface area (TPSA) is 24.1 Å². The minimum absolute atomic E-state index is 0.649. The highest BCUT2D eigenvalue weighted by Gasteiger charge is 2.33. The average Bonchev–Trinajstić information content (AvgIpc) is 3.02. The SMILES string of the molecule is CSc1cccc(NC2CCCCC2C2CCCN2)c1. The number of thioether (sulfide) groups is 1. The molecule has 2 fully saturated rings. The van der Waals surface area contributed by atoms with E-state index >= 15 is 0 Å². The van der Waals surface area contributed by atoms with Crippen LogP contribution in [0, 0.1) is 5.92 Å². The summed E-state index contributed by atoms with van der Waals surface area (Å²) in [4.78, 5) is 1.35. The van der Waals surface area contributed by atoms with Gasteiger partial charge in [-0.25, -0.2) is 0 Å². The monoisotopic (exact) mass is 290 g/mol. The molecule has 3 rings (SSSR count). The number of rotatable bonds is 4. The van der Waals surface area contributed by atoms with Crippen molar-refractivity contribution in [2.75, 3.05) is 18.1 Å². The normalized spacial score (nSPS) is 30.4. The van der Waals surface area contributed by atoms with Gasteiger partial charge in [0.05, 0.1) is 0 Å². The maximum absolute atomic E-state index is 3.83. The van der Waals surface area contributed by atoms with Gasteiger partial charge in [0, 0.05) is 22.7 Å². The van der Waals surface area contributed by atoms with Crippen LogP contribution in [0.15, 0.2) is 29.2 Å². The molecule has 1 aliphatic carbocycles. The molecule has 3 atom stereocenters. The first kappa shape index (κ1) is 14.3. The summed E-state index contributed by atoms with van der Waals surface area (Å²) in [5, 5.41) is 7.55. The van der Waals surface area contributed by atoms with Crippen LogP contribution in [0.5, 0.6) is 0 Å². The fraction of sp³-hybridized carbons (Fsp3) is 0.647. The third-order valence-electron chi connectivity index (χ3n) is 4.86. The minimum Gasteiger partial charge on any atom is -0.382 e. The van der Waals surface area contributed by atoms with Gasteiger partial charge in [0.2, 0.25) is 0 Å². The third-order valence-corrected chi connectivity index (χ3v) is 5.58. The number of benzene rings is 1. The van der Waals surface area contributed by atoms with E-state index in [0.717, 1.165) is 12.0 Å². The van der Waals surface area contributed by atoms with Gasteiger partial charge in [-0.2, -0.15) is 0 Å². The van der Waals surface area contributed by atoms with Gasteiger partial charge in [-0.15, -0.1) is 11.8 Å². The van der Waals surface area contributed by atoms with E-state index < -0.39 is 0 Å². The highest BCUT2D eigenvalue weighted by Crippen LogP contribution is 2.33. The second kappa shape index (κ2) is 6.86.